The van der Waals surface area contributed by atoms with E-state index in [2.05, 4.69) is 15.6 Å². The number of hydrogen-bond donors (Lipinski definition) is 3. The van der Waals surface area contributed by atoms with E-state index in [0.29, 0.717) is 10.6 Å². The summed E-state index contributed by atoms with van der Waals surface area (Å²) in [6.45, 7) is 1.86. The van der Waals surface area contributed by atoms with E-state index in [1.54, 1.807) is 5.48 Å². The molecule has 1 aromatic carbocycles. The molecule has 0 bridgehead atoms. The van der Waals surface area contributed by atoms with Gasteiger partial charge in [-0.2, -0.15) is 13.2 Å². The molecular formula is C16H15ClF3N4O2S-. The average molecular weight is 420 g/mol. The Labute approximate surface area is 162 Å². The SMILES string of the molecule is CCSc1cc(Cl)c(N[O-])cc1C(=O)Nc1cc(C(F)(F)F)ncc1NC. The van der Waals surface area contributed by atoms with Crippen LogP contribution >= 0.6 is 23.4 Å². The Balaban J connectivity index is 2.45. The molecule has 2 aromatic rings. The molecule has 27 heavy (non-hydrogen) atoms. The number of halogens is 4. The van der Waals surface area contributed by atoms with Crippen molar-refractivity contribution >= 4 is 46.3 Å². The molecule has 1 aromatic heterocycles. The van der Waals surface area contributed by atoms with Gasteiger partial charge in [0.05, 0.1) is 28.2 Å². The molecule has 1 heterocycles. The van der Waals surface area contributed by atoms with Crippen LogP contribution in [0.4, 0.5) is 30.2 Å². The van der Waals surface area contributed by atoms with Gasteiger partial charge in [0.2, 0.25) is 0 Å². The first-order chi connectivity index (χ1) is 12.7. The standard InChI is InChI=1S/C16H15ClF3N4O2S/c1-3-27-13-5-9(17)10(24-26)4-8(13)15(25)23-11-6-14(16(18,19)20)22-7-12(11)21-2/h4-7,21,24H,3H2,1-2H3,(H,22,23,25)/q-1. The molecule has 0 aliphatic heterocycles. The number of aromatic nitrogens is 1. The molecular weight excluding hydrogens is 405 g/mol. The lowest BCUT2D eigenvalue weighted by Crippen LogP contribution is -2.16. The smallest absolute Gasteiger partial charge is 0.433 e. The summed E-state index contributed by atoms with van der Waals surface area (Å²) in [6.07, 6.45) is -3.68. The maximum Gasteiger partial charge on any atom is 0.433 e. The number of anilines is 3. The van der Waals surface area contributed by atoms with E-state index in [-0.39, 0.29) is 27.6 Å². The number of pyridine rings is 1. The zero-order chi connectivity index (χ0) is 20.2. The van der Waals surface area contributed by atoms with Crippen LogP contribution in [-0.2, 0) is 6.18 Å². The van der Waals surface area contributed by atoms with E-state index in [1.807, 2.05) is 6.92 Å². The minimum atomic E-state index is -4.66. The average Bonchev–Trinajstić information content (AvgIpc) is 2.61. The van der Waals surface area contributed by atoms with Crippen LogP contribution in [0.2, 0.25) is 5.02 Å². The number of carbonyl (C=O) groups excluding carboxylic acids is 1. The Morgan fingerprint density at radius 3 is 2.52 bits per heavy atom. The predicted octanol–water partition coefficient (Wildman–Crippen LogP) is 5.07. The second kappa shape index (κ2) is 8.68. The lowest BCUT2D eigenvalue weighted by Gasteiger charge is -2.17. The molecule has 0 aliphatic rings. The van der Waals surface area contributed by atoms with Crippen molar-refractivity contribution in [1.82, 2.24) is 4.98 Å². The second-order valence-corrected chi connectivity index (χ2v) is 6.89. The Morgan fingerprint density at radius 2 is 1.96 bits per heavy atom. The summed E-state index contributed by atoms with van der Waals surface area (Å²) in [5, 5.41) is 16.2. The van der Waals surface area contributed by atoms with Crippen LogP contribution < -0.4 is 16.1 Å². The monoisotopic (exact) mass is 419 g/mol. The van der Waals surface area contributed by atoms with Gasteiger partial charge in [-0.3, -0.25) is 4.79 Å². The van der Waals surface area contributed by atoms with Gasteiger partial charge in [0.1, 0.15) is 5.69 Å². The number of alkyl halides is 3. The second-order valence-electron chi connectivity index (χ2n) is 5.18. The molecule has 0 radical (unpaired) electrons. The number of amides is 1. The number of carbonyl (C=O) groups is 1. The molecule has 0 aliphatic carbocycles. The fraction of sp³-hybridized carbons (Fsp3) is 0.250. The number of rotatable bonds is 6. The van der Waals surface area contributed by atoms with E-state index in [4.69, 9.17) is 11.6 Å². The van der Waals surface area contributed by atoms with Gasteiger partial charge in [-0.05, 0) is 24.0 Å². The highest BCUT2D eigenvalue weighted by molar-refractivity contribution is 7.99. The van der Waals surface area contributed by atoms with E-state index in [1.165, 1.54) is 30.9 Å². The highest BCUT2D eigenvalue weighted by atomic mass is 35.5. The Bertz CT molecular complexity index is 849. The lowest BCUT2D eigenvalue weighted by molar-refractivity contribution is -0.141. The van der Waals surface area contributed by atoms with Crippen LogP contribution in [-0.4, -0.2) is 23.7 Å². The van der Waals surface area contributed by atoms with Crippen molar-refractivity contribution in [3.8, 4) is 0 Å². The summed E-state index contributed by atoms with van der Waals surface area (Å²) in [6, 6.07) is 3.45. The summed E-state index contributed by atoms with van der Waals surface area (Å²) >= 11 is 7.28. The third-order valence-electron chi connectivity index (χ3n) is 3.44. The highest BCUT2D eigenvalue weighted by Crippen LogP contribution is 2.35. The first-order valence-corrected chi connectivity index (χ1v) is 8.98. The predicted molar refractivity (Wildman–Crippen MR) is 102 cm³/mol. The third kappa shape index (κ3) is 4.96. The molecule has 0 saturated heterocycles. The molecule has 146 valence electrons. The zero-order valence-electron chi connectivity index (χ0n) is 14.2. The van der Waals surface area contributed by atoms with Crippen molar-refractivity contribution in [3.63, 3.8) is 0 Å². The first kappa shape index (κ1) is 21.1. The number of nitrogens with one attached hydrogen (secondary N) is 3. The molecule has 0 atom stereocenters. The van der Waals surface area contributed by atoms with Gasteiger partial charge in [-0.25, -0.2) is 4.98 Å². The van der Waals surface area contributed by atoms with Gasteiger partial charge in [0, 0.05) is 17.6 Å². The van der Waals surface area contributed by atoms with E-state index >= 15 is 0 Å². The maximum atomic E-state index is 12.9. The summed E-state index contributed by atoms with van der Waals surface area (Å²) in [7, 11) is 1.49. The molecule has 11 heteroatoms. The molecule has 6 nitrogen and oxygen atoms in total. The highest BCUT2D eigenvalue weighted by Gasteiger charge is 2.33. The van der Waals surface area contributed by atoms with E-state index in [0.717, 1.165) is 12.3 Å². The van der Waals surface area contributed by atoms with E-state index < -0.39 is 17.8 Å². The van der Waals surface area contributed by atoms with Crippen LogP contribution in [0.15, 0.2) is 29.3 Å². The first-order valence-electron chi connectivity index (χ1n) is 7.62. The van der Waals surface area contributed by atoms with Gasteiger partial charge in [-0.15, -0.1) is 11.8 Å². The van der Waals surface area contributed by atoms with Crippen molar-refractivity contribution in [2.24, 2.45) is 0 Å². The van der Waals surface area contributed by atoms with Crippen molar-refractivity contribution in [2.75, 3.05) is 28.9 Å². The van der Waals surface area contributed by atoms with Crippen LogP contribution in [0, 0.1) is 5.21 Å². The molecule has 0 spiro atoms. The van der Waals surface area contributed by atoms with Crippen molar-refractivity contribution in [2.45, 2.75) is 18.0 Å². The minimum absolute atomic E-state index is 0.0122. The largest absolute Gasteiger partial charge is 0.761 e. The van der Waals surface area contributed by atoms with Crippen LogP contribution in [0.3, 0.4) is 0 Å². The molecule has 0 fully saturated rings. The topological polar surface area (TPSA) is 89.1 Å². The summed E-state index contributed by atoms with van der Waals surface area (Å²) < 4.78 is 38.7. The molecule has 1 amide bonds. The normalized spacial score (nSPS) is 11.2. The summed E-state index contributed by atoms with van der Waals surface area (Å²) in [5.74, 6) is -0.0642. The number of hydrogen-bond acceptors (Lipinski definition) is 6. The number of nitrogens with zero attached hydrogens (tertiary/aromatic N) is 1. The fourth-order valence-corrected chi connectivity index (χ4v) is 3.27. The van der Waals surface area contributed by atoms with E-state index in [9.17, 15) is 23.2 Å². The van der Waals surface area contributed by atoms with Crippen molar-refractivity contribution in [3.05, 3.63) is 45.9 Å². The number of benzene rings is 1. The fourth-order valence-electron chi connectivity index (χ4n) is 2.19. The van der Waals surface area contributed by atoms with Gasteiger partial charge in [-0.1, -0.05) is 18.5 Å². The van der Waals surface area contributed by atoms with Crippen LogP contribution in [0.1, 0.15) is 23.0 Å². The molecule has 0 unspecified atom stereocenters. The summed E-state index contributed by atoms with van der Waals surface area (Å²) in [5.41, 5.74) is 0.700. The Kier molecular flexibility index (Phi) is 6.79. The molecule has 3 N–H and O–H groups in total. The number of thioether (sulfide) groups is 1. The van der Waals surface area contributed by atoms with Gasteiger partial charge >= 0.3 is 6.18 Å². The summed E-state index contributed by atoms with van der Waals surface area (Å²) in [4.78, 5) is 16.5. The molecule has 0 saturated carbocycles. The van der Waals surface area contributed by atoms with Gasteiger partial charge in [0.25, 0.3) is 5.91 Å². The van der Waals surface area contributed by atoms with Crippen molar-refractivity contribution in [1.29, 1.82) is 0 Å². The Hall–Kier alpha value is -2.17. The minimum Gasteiger partial charge on any atom is -0.761 e. The maximum absolute atomic E-state index is 12.9. The third-order valence-corrected chi connectivity index (χ3v) is 4.69. The van der Waals surface area contributed by atoms with Crippen LogP contribution in [0.5, 0.6) is 0 Å². The van der Waals surface area contributed by atoms with Gasteiger partial charge in [0.15, 0.2) is 0 Å². The molecule has 2 rings (SSSR count). The quantitative estimate of drug-likeness (QED) is 0.447. The lowest BCUT2D eigenvalue weighted by atomic mass is 10.1. The zero-order valence-corrected chi connectivity index (χ0v) is 15.8. The van der Waals surface area contributed by atoms with Crippen molar-refractivity contribution < 1.29 is 18.0 Å². The Morgan fingerprint density at radius 1 is 1.26 bits per heavy atom. The van der Waals surface area contributed by atoms with Gasteiger partial charge < -0.3 is 21.3 Å². The van der Waals surface area contributed by atoms with Crippen LogP contribution in [0.25, 0.3) is 0 Å².